The summed E-state index contributed by atoms with van der Waals surface area (Å²) in [4.78, 5) is 25.1. The Kier molecular flexibility index (Phi) is 5.24. The van der Waals surface area contributed by atoms with Gasteiger partial charge in [-0.25, -0.2) is 9.40 Å². The minimum atomic E-state index is -0.673. The van der Waals surface area contributed by atoms with Gasteiger partial charge in [0, 0.05) is 16.1 Å². The second kappa shape index (κ2) is 7.01. The molecule has 0 aromatic heterocycles. The molecular weight excluding hydrogens is 331 g/mol. The third-order valence-electron chi connectivity index (χ3n) is 3.28. The van der Waals surface area contributed by atoms with Crippen LogP contribution in [0.4, 0.5) is 4.39 Å². The SMILES string of the molecule is CC(C)(C)N(NC(=O)c1ccc(Cl)cc1)C(=O)c1ccc(F)cc1. The van der Waals surface area contributed by atoms with Crippen LogP contribution in [-0.4, -0.2) is 22.4 Å². The number of hydrogen-bond acceptors (Lipinski definition) is 2. The lowest BCUT2D eigenvalue weighted by Crippen LogP contribution is -2.55. The molecule has 0 saturated carbocycles. The Labute approximate surface area is 145 Å². The van der Waals surface area contributed by atoms with Crippen LogP contribution in [0.3, 0.4) is 0 Å². The molecule has 0 aliphatic heterocycles. The second-order valence-corrected chi connectivity index (χ2v) is 6.70. The second-order valence-electron chi connectivity index (χ2n) is 6.27. The van der Waals surface area contributed by atoms with E-state index in [0.29, 0.717) is 10.6 Å². The van der Waals surface area contributed by atoms with E-state index in [1.165, 1.54) is 29.3 Å². The Bertz CT molecular complexity index is 737. The molecule has 2 amide bonds. The van der Waals surface area contributed by atoms with Gasteiger partial charge in [0.05, 0.1) is 5.54 Å². The van der Waals surface area contributed by atoms with Crippen LogP contribution in [0.5, 0.6) is 0 Å². The Morgan fingerprint density at radius 1 is 0.958 bits per heavy atom. The van der Waals surface area contributed by atoms with Crippen LogP contribution < -0.4 is 5.43 Å². The van der Waals surface area contributed by atoms with Gasteiger partial charge in [-0.1, -0.05) is 11.6 Å². The quantitative estimate of drug-likeness (QED) is 0.832. The van der Waals surface area contributed by atoms with E-state index in [1.807, 2.05) is 0 Å². The smallest absolute Gasteiger partial charge is 0.267 e. The fraction of sp³-hybridized carbons (Fsp3) is 0.222. The normalized spacial score (nSPS) is 11.0. The maximum absolute atomic E-state index is 13.0. The Morgan fingerprint density at radius 3 is 1.96 bits per heavy atom. The molecule has 0 spiro atoms. The van der Waals surface area contributed by atoms with E-state index < -0.39 is 23.2 Å². The third kappa shape index (κ3) is 4.32. The lowest BCUT2D eigenvalue weighted by Gasteiger charge is -2.35. The molecule has 2 aromatic carbocycles. The molecule has 0 fully saturated rings. The zero-order chi connectivity index (χ0) is 17.9. The zero-order valence-electron chi connectivity index (χ0n) is 13.6. The van der Waals surface area contributed by atoms with Crippen LogP contribution in [0.25, 0.3) is 0 Å². The lowest BCUT2D eigenvalue weighted by molar-refractivity contribution is 0.0358. The molecular formula is C18H18ClFN2O2. The van der Waals surface area contributed by atoms with Crippen molar-refractivity contribution in [2.75, 3.05) is 0 Å². The monoisotopic (exact) mass is 348 g/mol. The van der Waals surface area contributed by atoms with E-state index in [-0.39, 0.29) is 5.56 Å². The molecule has 0 saturated heterocycles. The van der Waals surface area contributed by atoms with Crippen molar-refractivity contribution in [1.82, 2.24) is 10.4 Å². The van der Waals surface area contributed by atoms with Crippen molar-refractivity contribution >= 4 is 23.4 Å². The van der Waals surface area contributed by atoms with Gasteiger partial charge in [0.2, 0.25) is 0 Å². The summed E-state index contributed by atoms with van der Waals surface area (Å²) in [6, 6.07) is 11.5. The van der Waals surface area contributed by atoms with E-state index in [1.54, 1.807) is 45.0 Å². The van der Waals surface area contributed by atoms with Crippen molar-refractivity contribution in [3.63, 3.8) is 0 Å². The fourth-order valence-electron chi connectivity index (χ4n) is 2.01. The van der Waals surface area contributed by atoms with Gasteiger partial charge < -0.3 is 0 Å². The van der Waals surface area contributed by atoms with Crippen LogP contribution in [0.1, 0.15) is 41.5 Å². The van der Waals surface area contributed by atoms with Crippen LogP contribution in [0.2, 0.25) is 5.02 Å². The Morgan fingerprint density at radius 2 is 1.46 bits per heavy atom. The molecule has 126 valence electrons. The zero-order valence-corrected chi connectivity index (χ0v) is 14.4. The maximum atomic E-state index is 13.0. The van der Waals surface area contributed by atoms with Crippen molar-refractivity contribution in [3.05, 3.63) is 70.5 Å². The average Bonchev–Trinajstić information content (AvgIpc) is 2.52. The van der Waals surface area contributed by atoms with E-state index in [0.717, 1.165) is 0 Å². The first-order valence-corrected chi connectivity index (χ1v) is 7.73. The third-order valence-corrected chi connectivity index (χ3v) is 3.54. The van der Waals surface area contributed by atoms with Crippen molar-refractivity contribution < 1.29 is 14.0 Å². The van der Waals surface area contributed by atoms with Crippen LogP contribution in [-0.2, 0) is 0 Å². The molecule has 2 rings (SSSR count). The van der Waals surface area contributed by atoms with Gasteiger partial charge in [0.1, 0.15) is 5.82 Å². The predicted molar refractivity (Wildman–Crippen MR) is 91.2 cm³/mol. The summed E-state index contributed by atoms with van der Waals surface area (Å²) in [7, 11) is 0. The first kappa shape index (κ1) is 17.9. The number of carbonyl (C=O) groups excluding carboxylic acids is 2. The Hall–Kier alpha value is -2.40. The molecule has 0 atom stereocenters. The topological polar surface area (TPSA) is 49.4 Å². The van der Waals surface area contributed by atoms with Gasteiger partial charge in [-0.15, -0.1) is 0 Å². The molecule has 0 aliphatic carbocycles. The first-order chi connectivity index (χ1) is 11.2. The van der Waals surface area contributed by atoms with E-state index in [4.69, 9.17) is 11.6 Å². The van der Waals surface area contributed by atoms with Gasteiger partial charge in [-0.2, -0.15) is 0 Å². The van der Waals surface area contributed by atoms with Gasteiger partial charge in [-0.3, -0.25) is 15.0 Å². The van der Waals surface area contributed by atoms with Crippen molar-refractivity contribution in [2.24, 2.45) is 0 Å². The largest absolute Gasteiger partial charge is 0.272 e. The van der Waals surface area contributed by atoms with Gasteiger partial charge in [0.25, 0.3) is 11.8 Å². The Balaban J connectivity index is 2.25. The fourth-order valence-corrected chi connectivity index (χ4v) is 2.14. The van der Waals surface area contributed by atoms with Gasteiger partial charge >= 0.3 is 0 Å². The number of carbonyl (C=O) groups is 2. The summed E-state index contributed by atoms with van der Waals surface area (Å²) < 4.78 is 13.0. The number of rotatable bonds is 2. The molecule has 2 aromatic rings. The van der Waals surface area contributed by atoms with Gasteiger partial charge in [0.15, 0.2) is 0 Å². The number of benzene rings is 2. The highest BCUT2D eigenvalue weighted by atomic mass is 35.5. The highest BCUT2D eigenvalue weighted by molar-refractivity contribution is 6.30. The van der Waals surface area contributed by atoms with E-state index >= 15 is 0 Å². The minimum absolute atomic E-state index is 0.280. The molecule has 0 aliphatic rings. The highest BCUT2D eigenvalue weighted by Crippen LogP contribution is 2.17. The van der Waals surface area contributed by atoms with Gasteiger partial charge in [-0.05, 0) is 69.3 Å². The summed E-state index contributed by atoms with van der Waals surface area (Å²) in [6.07, 6.45) is 0. The molecule has 4 nitrogen and oxygen atoms in total. The summed E-state index contributed by atoms with van der Waals surface area (Å²) in [5, 5.41) is 1.75. The number of nitrogens with one attached hydrogen (secondary N) is 1. The molecule has 6 heteroatoms. The van der Waals surface area contributed by atoms with Crippen LogP contribution in [0.15, 0.2) is 48.5 Å². The molecule has 24 heavy (non-hydrogen) atoms. The molecule has 0 bridgehead atoms. The highest BCUT2D eigenvalue weighted by Gasteiger charge is 2.29. The molecule has 0 heterocycles. The van der Waals surface area contributed by atoms with Crippen molar-refractivity contribution in [3.8, 4) is 0 Å². The summed E-state index contributed by atoms with van der Waals surface area (Å²) in [5.41, 5.74) is 2.60. The van der Waals surface area contributed by atoms with Crippen molar-refractivity contribution in [2.45, 2.75) is 26.3 Å². The van der Waals surface area contributed by atoms with E-state index in [2.05, 4.69) is 5.43 Å². The van der Waals surface area contributed by atoms with Crippen LogP contribution >= 0.6 is 11.6 Å². The standard InChI is InChI=1S/C18H18ClFN2O2/c1-18(2,3)22(17(24)13-6-10-15(20)11-7-13)21-16(23)12-4-8-14(19)9-5-12/h4-11H,1-3H3,(H,21,23). The predicted octanol–water partition coefficient (Wildman–Crippen LogP) is 4.06. The number of hydrazine groups is 1. The number of nitrogens with zero attached hydrogens (tertiary/aromatic N) is 1. The summed E-state index contributed by atoms with van der Waals surface area (Å²) in [6.45, 7) is 5.36. The number of halogens is 2. The number of hydrogen-bond donors (Lipinski definition) is 1. The van der Waals surface area contributed by atoms with Crippen molar-refractivity contribution in [1.29, 1.82) is 0 Å². The molecule has 1 N–H and O–H groups in total. The molecule has 0 unspecified atom stereocenters. The van der Waals surface area contributed by atoms with E-state index in [9.17, 15) is 14.0 Å². The lowest BCUT2D eigenvalue weighted by atomic mass is 10.1. The average molecular weight is 349 g/mol. The summed E-state index contributed by atoms with van der Waals surface area (Å²) in [5.74, 6) is -1.29. The summed E-state index contributed by atoms with van der Waals surface area (Å²) >= 11 is 5.81. The number of amides is 2. The maximum Gasteiger partial charge on any atom is 0.272 e. The minimum Gasteiger partial charge on any atom is -0.267 e. The molecule has 0 radical (unpaired) electrons. The van der Waals surface area contributed by atoms with Crippen LogP contribution in [0, 0.1) is 5.82 Å². The first-order valence-electron chi connectivity index (χ1n) is 7.35.